The van der Waals surface area contributed by atoms with Crippen LogP contribution in [0.5, 0.6) is 0 Å². The fraction of sp³-hybridized carbons (Fsp3) is 0.273. The second kappa shape index (κ2) is 2.82. The van der Waals surface area contributed by atoms with Gasteiger partial charge >= 0.3 is 0 Å². The highest BCUT2D eigenvalue weighted by Crippen LogP contribution is 2.27. The van der Waals surface area contributed by atoms with Gasteiger partial charge in [0.1, 0.15) is 22.8 Å². The van der Waals surface area contributed by atoms with Crippen LogP contribution in [0.25, 0.3) is 11.0 Å². The first-order valence-electron chi connectivity index (χ1n) is 4.39. The van der Waals surface area contributed by atoms with Crippen molar-refractivity contribution in [3.63, 3.8) is 0 Å². The molecule has 0 aliphatic heterocycles. The molecule has 1 aromatic carbocycles. The maximum Gasteiger partial charge on any atom is 0.137 e. The van der Waals surface area contributed by atoms with Gasteiger partial charge in [0.25, 0.3) is 0 Å². The summed E-state index contributed by atoms with van der Waals surface area (Å²) in [6.45, 7) is 3.25. The molecule has 0 fully saturated rings. The Morgan fingerprint density at radius 2 is 2.00 bits per heavy atom. The highest BCUT2D eigenvalue weighted by molar-refractivity contribution is 5.78. The monoisotopic (exact) mass is 194 g/mol. The standard InChI is InChI=1S/C11H11FO2/c1-11(2,13)10-5-7-3-4-8(12)6-9(7)14-10/h3-6,13H,1-2H3. The van der Waals surface area contributed by atoms with Crippen molar-refractivity contribution >= 4 is 11.0 Å². The summed E-state index contributed by atoms with van der Waals surface area (Å²) < 4.78 is 18.1. The van der Waals surface area contributed by atoms with Crippen molar-refractivity contribution in [3.8, 4) is 0 Å². The van der Waals surface area contributed by atoms with E-state index < -0.39 is 5.60 Å². The molecule has 2 nitrogen and oxygen atoms in total. The lowest BCUT2D eigenvalue weighted by Gasteiger charge is -2.12. The summed E-state index contributed by atoms with van der Waals surface area (Å²) in [6, 6.07) is 6.02. The predicted molar refractivity (Wildman–Crippen MR) is 51.4 cm³/mol. The maximum atomic E-state index is 12.8. The highest BCUT2D eigenvalue weighted by atomic mass is 19.1. The first kappa shape index (κ1) is 9.21. The van der Waals surface area contributed by atoms with E-state index in [0.717, 1.165) is 5.39 Å². The molecule has 0 saturated carbocycles. The van der Waals surface area contributed by atoms with E-state index in [1.807, 2.05) is 0 Å². The van der Waals surface area contributed by atoms with Gasteiger partial charge in [0.2, 0.25) is 0 Å². The molecule has 3 heteroatoms. The van der Waals surface area contributed by atoms with Crippen molar-refractivity contribution in [1.82, 2.24) is 0 Å². The molecule has 74 valence electrons. The number of hydrogen-bond donors (Lipinski definition) is 1. The molecule has 0 bridgehead atoms. The summed E-state index contributed by atoms with van der Waals surface area (Å²) in [5.74, 6) is 0.104. The fourth-order valence-electron chi connectivity index (χ4n) is 1.31. The Hall–Kier alpha value is -1.35. The molecule has 0 aliphatic rings. The zero-order chi connectivity index (χ0) is 10.3. The van der Waals surface area contributed by atoms with Crippen molar-refractivity contribution in [3.05, 3.63) is 35.8 Å². The number of halogens is 1. The van der Waals surface area contributed by atoms with E-state index in [2.05, 4.69) is 0 Å². The van der Waals surface area contributed by atoms with E-state index in [4.69, 9.17) is 4.42 Å². The maximum absolute atomic E-state index is 12.8. The van der Waals surface area contributed by atoms with Gasteiger partial charge in [-0.25, -0.2) is 4.39 Å². The smallest absolute Gasteiger partial charge is 0.137 e. The molecule has 14 heavy (non-hydrogen) atoms. The topological polar surface area (TPSA) is 33.4 Å². The van der Waals surface area contributed by atoms with Crippen LogP contribution in [0.2, 0.25) is 0 Å². The third-order valence-electron chi connectivity index (χ3n) is 2.09. The molecule has 0 amide bonds. The molecular weight excluding hydrogens is 183 g/mol. The molecule has 0 aliphatic carbocycles. The van der Waals surface area contributed by atoms with Crippen LogP contribution in [0.15, 0.2) is 28.7 Å². The second-order valence-corrected chi connectivity index (χ2v) is 3.85. The third kappa shape index (κ3) is 1.51. The largest absolute Gasteiger partial charge is 0.458 e. The Morgan fingerprint density at radius 1 is 1.29 bits per heavy atom. The van der Waals surface area contributed by atoms with Crippen molar-refractivity contribution < 1.29 is 13.9 Å². The Bertz CT molecular complexity index is 466. The SMILES string of the molecule is CC(C)(O)c1cc2ccc(F)cc2o1. The Kier molecular flexibility index (Phi) is 1.86. The number of furan rings is 1. The van der Waals surface area contributed by atoms with Gasteiger partial charge in [-0.3, -0.25) is 0 Å². The van der Waals surface area contributed by atoms with Crippen LogP contribution in [0.3, 0.4) is 0 Å². The van der Waals surface area contributed by atoms with E-state index in [1.54, 1.807) is 26.0 Å². The number of rotatable bonds is 1. The lowest BCUT2D eigenvalue weighted by atomic mass is 10.1. The molecule has 2 rings (SSSR count). The van der Waals surface area contributed by atoms with E-state index in [0.29, 0.717) is 11.3 Å². The Labute approximate surface area is 81.0 Å². The third-order valence-corrected chi connectivity index (χ3v) is 2.09. The van der Waals surface area contributed by atoms with Gasteiger partial charge in [-0.1, -0.05) is 0 Å². The van der Waals surface area contributed by atoms with Gasteiger partial charge in [-0.2, -0.15) is 0 Å². The van der Waals surface area contributed by atoms with Crippen LogP contribution in [-0.4, -0.2) is 5.11 Å². The fourth-order valence-corrected chi connectivity index (χ4v) is 1.31. The van der Waals surface area contributed by atoms with Gasteiger partial charge in [0.05, 0.1) is 0 Å². The highest BCUT2D eigenvalue weighted by Gasteiger charge is 2.20. The van der Waals surface area contributed by atoms with Crippen molar-refractivity contribution in [1.29, 1.82) is 0 Å². The molecule has 0 saturated heterocycles. The van der Waals surface area contributed by atoms with E-state index in [1.165, 1.54) is 12.1 Å². The summed E-state index contributed by atoms with van der Waals surface area (Å²) in [4.78, 5) is 0. The first-order chi connectivity index (χ1) is 6.47. The summed E-state index contributed by atoms with van der Waals surface area (Å²) in [7, 11) is 0. The van der Waals surface area contributed by atoms with Crippen molar-refractivity contribution in [2.24, 2.45) is 0 Å². The van der Waals surface area contributed by atoms with Gasteiger partial charge in [-0.05, 0) is 32.0 Å². The van der Waals surface area contributed by atoms with Crippen LogP contribution in [0.4, 0.5) is 4.39 Å². The zero-order valence-corrected chi connectivity index (χ0v) is 8.04. The van der Waals surface area contributed by atoms with Crippen LogP contribution in [0, 0.1) is 5.82 Å². The Morgan fingerprint density at radius 3 is 2.64 bits per heavy atom. The molecule has 1 aromatic heterocycles. The first-order valence-corrected chi connectivity index (χ1v) is 4.39. The number of hydrogen-bond acceptors (Lipinski definition) is 2. The van der Waals surface area contributed by atoms with Crippen LogP contribution in [0.1, 0.15) is 19.6 Å². The summed E-state index contributed by atoms with van der Waals surface area (Å²) in [6.07, 6.45) is 0. The molecule has 2 aromatic rings. The van der Waals surface area contributed by atoms with Crippen LogP contribution >= 0.6 is 0 Å². The number of benzene rings is 1. The van der Waals surface area contributed by atoms with Crippen LogP contribution < -0.4 is 0 Å². The minimum absolute atomic E-state index is 0.339. The molecule has 1 N–H and O–H groups in total. The summed E-state index contributed by atoms with van der Waals surface area (Å²) in [5, 5.41) is 10.5. The van der Waals surface area contributed by atoms with Gasteiger partial charge < -0.3 is 9.52 Å². The normalized spacial score (nSPS) is 12.3. The number of fused-ring (bicyclic) bond motifs is 1. The Balaban J connectivity index is 2.63. The van der Waals surface area contributed by atoms with E-state index in [9.17, 15) is 9.50 Å². The predicted octanol–water partition coefficient (Wildman–Crippen LogP) is 2.80. The van der Waals surface area contributed by atoms with E-state index >= 15 is 0 Å². The summed E-state index contributed by atoms with van der Waals surface area (Å²) in [5.41, 5.74) is -0.572. The lowest BCUT2D eigenvalue weighted by molar-refractivity contribution is 0.0559. The minimum atomic E-state index is -1.03. The molecule has 1 heterocycles. The quantitative estimate of drug-likeness (QED) is 0.757. The van der Waals surface area contributed by atoms with Gasteiger partial charge in [-0.15, -0.1) is 0 Å². The molecule has 0 spiro atoms. The second-order valence-electron chi connectivity index (χ2n) is 3.85. The zero-order valence-electron chi connectivity index (χ0n) is 8.04. The molecule has 0 atom stereocenters. The van der Waals surface area contributed by atoms with E-state index in [-0.39, 0.29) is 5.82 Å². The average molecular weight is 194 g/mol. The van der Waals surface area contributed by atoms with Gasteiger partial charge in [0.15, 0.2) is 0 Å². The van der Waals surface area contributed by atoms with Gasteiger partial charge in [0, 0.05) is 11.5 Å². The molecule has 0 radical (unpaired) electrons. The minimum Gasteiger partial charge on any atom is -0.458 e. The molecular formula is C11H11FO2. The molecule has 0 unspecified atom stereocenters. The number of aliphatic hydroxyl groups is 1. The van der Waals surface area contributed by atoms with Crippen LogP contribution in [-0.2, 0) is 5.60 Å². The summed E-state index contributed by atoms with van der Waals surface area (Å²) >= 11 is 0. The van der Waals surface area contributed by atoms with Crippen molar-refractivity contribution in [2.45, 2.75) is 19.4 Å². The van der Waals surface area contributed by atoms with Crippen molar-refractivity contribution in [2.75, 3.05) is 0 Å². The lowest BCUT2D eigenvalue weighted by Crippen LogP contribution is -2.13. The average Bonchev–Trinajstić information content (AvgIpc) is 2.45.